The third kappa shape index (κ3) is 5.32. The number of Topliss-reactive ketones (excluding diaryl/α,β-unsaturated/α-hetero) is 2. The molecule has 2 aromatic carbocycles. The molecule has 0 bridgehead atoms. The standard InChI is InChI=1S/C23H27N3O7.C6H5ClO3S/c1-25(2)12-5-6-13(27)15-10(12)7-9-8-11-17(26(3)4)19(29)16(22(24)32)21(31)23(11,33)20(30)14(9)18(15)28;7-5-1-3-6(4-2-5)11(8,9)10/h5-6,9,11,17,27,29-30,33H,7-8H2,1-4H3,(H2,24,32);1-4H,(H,8,9,10)/t9?,11?,17-,23-;/m0./s1. The summed E-state index contributed by atoms with van der Waals surface area (Å²) in [5, 5.41) is 44.4. The number of phenolic OH excluding ortho intramolecular Hbond substituents is 1. The molecule has 0 saturated heterocycles. The number of rotatable bonds is 4. The van der Waals surface area contributed by atoms with Crippen molar-refractivity contribution in [1.82, 2.24) is 4.90 Å². The molecule has 1 amide bonds. The quantitative estimate of drug-likeness (QED) is 0.206. The van der Waals surface area contributed by atoms with E-state index in [1.165, 1.54) is 35.2 Å². The number of benzene rings is 2. The van der Waals surface area contributed by atoms with Gasteiger partial charge in [-0.15, -0.1) is 0 Å². The molecule has 4 atom stereocenters. The number of halogens is 1. The van der Waals surface area contributed by atoms with Crippen LogP contribution >= 0.6 is 11.6 Å². The third-order valence-electron chi connectivity index (χ3n) is 8.17. The monoisotopic (exact) mass is 649 g/mol. The molecule has 0 heterocycles. The van der Waals surface area contributed by atoms with Crippen LogP contribution in [0.25, 0.3) is 0 Å². The highest BCUT2D eigenvalue weighted by molar-refractivity contribution is 7.85. The lowest BCUT2D eigenvalue weighted by molar-refractivity contribution is -0.148. The average molecular weight is 650 g/mol. The number of nitrogens with two attached hydrogens (primary N) is 1. The number of aliphatic hydroxyl groups is 3. The molecule has 15 heteroatoms. The molecule has 7 N–H and O–H groups in total. The molecule has 0 aliphatic heterocycles. The van der Waals surface area contributed by atoms with Gasteiger partial charge in [0.2, 0.25) is 5.78 Å². The van der Waals surface area contributed by atoms with Crippen molar-refractivity contribution < 1.29 is 47.8 Å². The molecule has 0 saturated carbocycles. The van der Waals surface area contributed by atoms with Crippen molar-refractivity contribution in [2.24, 2.45) is 17.6 Å². The van der Waals surface area contributed by atoms with Crippen molar-refractivity contribution in [3.63, 3.8) is 0 Å². The second-order valence-electron chi connectivity index (χ2n) is 11.2. The fraction of sp³-hybridized carbons (Fsp3) is 0.345. The van der Waals surface area contributed by atoms with Gasteiger partial charge >= 0.3 is 0 Å². The number of carbonyl (C=O) groups excluding carboxylic acids is 3. The van der Waals surface area contributed by atoms with E-state index in [1.54, 1.807) is 39.2 Å². The highest BCUT2D eigenvalue weighted by Crippen LogP contribution is 2.53. The first-order chi connectivity index (χ1) is 20.3. The largest absolute Gasteiger partial charge is 0.510 e. The van der Waals surface area contributed by atoms with E-state index in [-0.39, 0.29) is 34.6 Å². The van der Waals surface area contributed by atoms with Crippen LogP contribution in [0.4, 0.5) is 5.69 Å². The van der Waals surface area contributed by atoms with Crippen molar-refractivity contribution in [1.29, 1.82) is 0 Å². The summed E-state index contributed by atoms with van der Waals surface area (Å²) in [4.78, 5) is 41.8. The van der Waals surface area contributed by atoms with E-state index in [9.17, 15) is 43.2 Å². The van der Waals surface area contributed by atoms with Crippen molar-refractivity contribution >= 4 is 44.9 Å². The first-order valence-electron chi connectivity index (χ1n) is 13.2. The van der Waals surface area contributed by atoms with Crippen LogP contribution in [0.1, 0.15) is 22.3 Å². The lowest BCUT2D eigenvalue weighted by atomic mass is 9.58. The Kier molecular flexibility index (Phi) is 8.63. The van der Waals surface area contributed by atoms with Crippen LogP contribution in [0, 0.1) is 11.8 Å². The fourth-order valence-corrected chi connectivity index (χ4v) is 6.87. The maximum Gasteiger partial charge on any atom is 0.294 e. The first kappa shape index (κ1) is 33.0. The molecular weight excluding hydrogens is 618 g/mol. The molecule has 2 aromatic rings. The molecule has 2 unspecified atom stereocenters. The van der Waals surface area contributed by atoms with Gasteiger partial charge < -0.3 is 31.1 Å². The summed E-state index contributed by atoms with van der Waals surface area (Å²) >= 11 is 5.49. The van der Waals surface area contributed by atoms with Crippen LogP contribution in [0.3, 0.4) is 0 Å². The number of ketones is 2. The lowest BCUT2D eigenvalue weighted by Crippen LogP contribution is -2.63. The van der Waals surface area contributed by atoms with Gasteiger partial charge in [-0.2, -0.15) is 8.42 Å². The van der Waals surface area contributed by atoms with Gasteiger partial charge in [0.25, 0.3) is 16.0 Å². The SMILES string of the molecule is CN(C)c1ccc(O)c2c1CC1CC3[C@H](N(C)C)C(O)=C(C(N)=O)C(=O)[C@@]3(O)C(O)=C1C2=O.O=S(=O)(O)c1ccc(Cl)cc1. The molecular formula is C29H32ClN3O10S. The first-order valence-corrected chi connectivity index (χ1v) is 15.1. The third-order valence-corrected chi connectivity index (χ3v) is 9.29. The lowest BCUT2D eigenvalue weighted by Gasteiger charge is -2.50. The molecule has 3 aliphatic carbocycles. The minimum absolute atomic E-state index is 0.00184. The van der Waals surface area contributed by atoms with Crippen LogP contribution < -0.4 is 10.6 Å². The van der Waals surface area contributed by atoms with Crippen LogP contribution in [0.2, 0.25) is 5.02 Å². The molecule has 13 nitrogen and oxygen atoms in total. The van der Waals surface area contributed by atoms with E-state index >= 15 is 0 Å². The van der Waals surface area contributed by atoms with Crippen molar-refractivity contribution in [3.05, 3.63) is 75.2 Å². The number of hydrogen-bond donors (Lipinski definition) is 6. The Morgan fingerprint density at radius 2 is 1.61 bits per heavy atom. The molecule has 0 aromatic heterocycles. The normalized spacial score (nSPS) is 24.7. The van der Waals surface area contributed by atoms with Crippen molar-refractivity contribution in [3.8, 4) is 5.75 Å². The van der Waals surface area contributed by atoms with Gasteiger partial charge in [0.1, 0.15) is 22.8 Å². The number of phenols is 1. The van der Waals surface area contributed by atoms with Gasteiger partial charge in [-0.3, -0.25) is 23.8 Å². The van der Waals surface area contributed by atoms with E-state index in [2.05, 4.69) is 0 Å². The van der Waals surface area contributed by atoms with Crippen molar-refractivity contribution in [2.45, 2.75) is 29.4 Å². The van der Waals surface area contributed by atoms with Gasteiger partial charge in [0, 0.05) is 36.3 Å². The number of anilines is 1. The van der Waals surface area contributed by atoms with E-state index in [4.69, 9.17) is 21.9 Å². The predicted octanol–water partition coefficient (Wildman–Crippen LogP) is 1.77. The zero-order valence-corrected chi connectivity index (χ0v) is 25.7. The summed E-state index contributed by atoms with van der Waals surface area (Å²) in [6.07, 6.45) is 0.324. The number of carbonyl (C=O) groups is 3. The minimum Gasteiger partial charge on any atom is -0.510 e. The van der Waals surface area contributed by atoms with Gasteiger partial charge in [0.15, 0.2) is 11.4 Å². The van der Waals surface area contributed by atoms with Gasteiger partial charge in [-0.1, -0.05) is 11.6 Å². The number of allylic oxidation sites excluding steroid dienone is 1. The summed E-state index contributed by atoms with van der Waals surface area (Å²) in [7, 11) is 2.71. The highest BCUT2D eigenvalue weighted by atomic mass is 35.5. The molecule has 0 radical (unpaired) electrons. The molecule has 3 aliphatic rings. The van der Waals surface area contributed by atoms with Gasteiger partial charge in [-0.05, 0) is 74.8 Å². The fourth-order valence-electron chi connectivity index (χ4n) is 6.26. The average Bonchev–Trinajstić information content (AvgIpc) is 2.90. The number of aliphatic hydroxyl groups excluding tert-OH is 2. The Labute approximate surface area is 258 Å². The zero-order valence-electron chi connectivity index (χ0n) is 24.1. The Morgan fingerprint density at radius 1 is 1.02 bits per heavy atom. The summed E-state index contributed by atoms with van der Waals surface area (Å²) in [6.45, 7) is 0. The number of amides is 1. The number of aromatic hydroxyl groups is 1. The number of fused-ring (bicyclic) bond motifs is 3. The van der Waals surface area contributed by atoms with Crippen LogP contribution in [-0.4, -0.2) is 95.6 Å². The summed E-state index contributed by atoms with van der Waals surface area (Å²) in [5.41, 5.74) is 3.02. The maximum absolute atomic E-state index is 13.5. The highest BCUT2D eigenvalue weighted by Gasteiger charge is 2.63. The number of hydrogen-bond acceptors (Lipinski definition) is 11. The maximum atomic E-state index is 13.5. The number of nitrogens with zero attached hydrogens (tertiary/aromatic N) is 2. The topological polar surface area (TPSA) is 219 Å². The molecule has 44 heavy (non-hydrogen) atoms. The molecule has 236 valence electrons. The number of likely N-dealkylation sites (N-methyl/N-ethyl adjacent to an activating group) is 1. The Hall–Kier alpha value is -3.95. The smallest absolute Gasteiger partial charge is 0.294 e. The Morgan fingerprint density at radius 3 is 2.11 bits per heavy atom. The van der Waals surface area contributed by atoms with Gasteiger partial charge in [0.05, 0.1) is 16.5 Å². The molecule has 5 rings (SSSR count). The predicted molar refractivity (Wildman–Crippen MR) is 159 cm³/mol. The minimum atomic E-state index is -4.08. The van der Waals surface area contributed by atoms with Crippen LogP contribution in [0.15, 0.2) is 64.0 Å². The van der Waals surface area contributed by atoms with Crippen LogP contribution in [-0.2, 0) is 26.1 Å². The second-order valence-corrected chi connectivity index (χ2v) is 13.1. The summed E-state index contributed by atoms with van der Waals surface area (Å²) < 4.78 is 29.4. The van der Waals surface area contributed by atoms with Gasteiger partial charge in [-0.25, -0.2) is 0 Å². The summed E-state index contributed by atoms with van der Waals surface area (Å²) in [5.74, 6) is -6.53. The van der Waals surface area contributed by atoms with E-state index in [0.29, 0.717) is 10.6 Å². The Balaban J connectivity index is 0.000000339. The zero-order chi connectivity index (χ0) is 33.0. The second kappa shape index (κ2) is 11.5. The van der Waals surface area contributed by atoms with E-state index in [1.807, 2.05) is 0 Å². The molecule has 0 spiro atoms. The van der Waals surface area contributed by atoms with Crippen molar-refractivity contribution in [2.75, 3.05) is 33.1 Å². The molecule has 0 fully saturated rings. The number of primary amides is 1. The van der Waals surface area contributed by atoms with E-state index < -0.39 is 68.2 Å². The Bertz CT molecular complexity index is 1730. The van der Waals surface area contributed by atoms with Crippen LogP contribution in [0.5, 0.6) is 5.75 Å². The summed E-state index contributed by atoms with van der Waals surface area (Å²) in [6, 6.07) is 7.32. The van der Waals surface area contributed by atoms with E-state index in [0.717, 1.165) is 5.69 Å².